The van der Waals surface area contributed by atoms with Crippen LogP contribution >= 0.6 is 0 Å². The second-order valence-corrected chi connectivity index (χ2v) is 6.87. The van der Waals surface area contributed by atoms with Gasteiger partial charge in [-0.05, 0) is 43.5 Å². The highest BCUT2D eigenvalue weighted by molar-refractivity contribution is 5.96. The minimum Gasteiger partial charge on any atom is -0.357 e. The number of anilines is 2. The van der Waals surface area contributed by atoms with Gasteiger partial charge in [-0.3, -0.25) is 4.79 Å². The van der Waals surface area contributed by atoms with Crippen molar-refractivity contribution in [2.45, 2.75) is 39.2 Å². The molecule has 0 atom stereocenters. The summed E-state index contributed by atoms with van der Waals surface area (Å²) < 4.78 is 0. The van der Waals surface area contributed by atoms with Crippen LogP contribution in [0.1, 0.15) is 48.5 Å². The Morgan fingerprint density at radius 1 is 1.07 bits per heavy atom. The molecule has 0 bridgehead atoms. The number of benzene rings is 1. The molecule has 1 aromatic heterocycles. The lowest BCUT2D eigenvalue weighted by Crippen LogP contribution is -2.28. The maximum absolute atomic E-state index is 12.1. The zero-order chi connectivity index (χ0) is 19.1. The minimum atomic E-state index is -0.313. The number of hydrogen-bond acceptors (Lipinski definition) is 4. The number of aromatic nitrogens is 1. The van der Waals surface area contributed by atoms with Crippen molar-refractivity contribution in [1.29, 1.82) is 0 Å². The molecule has 1 aromatic carbocycles. The topological polar surface area (TPSA) is 74.3 Å². The minimum absolute atomic E-state index is 0.0327. The maximum Gasteiger partial charge on any atom is 0.319 e. The molecule has 3 rings (SSSR count). The Kier molecular flexibility index (Phi) is 6.41. The summed E-state index contributed by atoms with van der Waals surface area (Å²) in [7, 11) is 0. The van der Waals surface area contributed by atoms with E-state index in [1.807, 2.05) is 18.3 Å². The summed E-state index contributed by atoms with van der Waals surface area (Å²) in [5.74, 6) is 0.973. The highest BCUT2D eigenvalue weighted by atomic mass is 16.2. The molecule has 0 radical (unpaired) electrons. The molecule has 2 N–H and O–H groups in total. The Labute approximate surface area is 160 Å². The summed E-state index contributed by atoms with van der Waals surface area (Å²) in [5, 5.41) is 5.56. The van der Waals surface area contributed by atoms with E-state index >= 15 is 0 Å². The lowest BCUT2D eigenvalue weighted by atomic mass is 10.1. The monoisotopic (exact) mass is 366 g/mol. The predicted octanol–water partition coefficient (Wildman–Crippen LogP) is 3.99. The number of amides is 2. The molecule has 2 amide bonds. The third kappa shape index (κ3) is 5.54. The molecule has 0 saturated carbocycles. The fourth-order valence-corrected chi connectivity index (χ4v) is 3.18. The van der Waals surface area contributed by atoms with Gasteiger partial charge in [-0.15, -0.1) is 0 Å². The van der Waals surface area contributed by atoms with Gasteiger partial charge in [-0.2, -0.15) is 0 Å². The van der Waals surface area contributed by atoms with Gasteiger partial charge in [0.05, 0.1) is 0 Å². The second kappa shape index (κ2) is 9.16. The van der Waals surface area contributed by atoms with Gasteiger partial charge in [-0.1, -0.05) is 31.0 Å². The Bertz CT molecular complexity index is 781. The third-order valence-corrected chi connectivity index (χ3v) is 4.72. The molecule has 1 aliphatic heterocycles. The molecule has 6 nitrogen and oxygen atoms in total. The molecular weight excluding hydrogens is 340 g/mol. The Morgan fingerprint density at radius 3 is 2.52 bits per heavy atom. The number of ketones is 1. The average molecular weight is 366 g/mol. The van der Waals surface area contributed by atoms with E-state index in [9.17, 15) is 9.59 Å². The number of Topliss-reactive ketones (excluding diaryl/α,β-unsaturated/α-hetero) is 1. The number of urea groups is 1. The molecule has 0 aliphatic carbocycles. The Hall–Kier alpha value is -2.89. The van der Waals surface area contributed by atoms with E-state index in [2.05, 4.69) is 20.5 Å². The van der Waals surface area contributed by atoms with Crippen molar-refractivity contribution in [3.8, 4) is 0 Å². The first-order valence-corrected chi connectivity index (χ1v) is 9.47. The normalized spacial score (nSPS) is 14.3. The van der Waals surface area contributed by atoms with Crippen molar-refractivity contribution in [3.63, 3.8) is 0 Å². The number of carbonyl (C=O) groups is 2. The fourth-order valence-electron chi connectivity index (χ4n) is 3.18. The number of pyridine rings is 1. The first kappa shape index (κ1) is 18.9. The molecular formula is C21H26N4O2. The van der Waals surface area contributed by atoms with E-state index in [4.69, 9.17) is 0 Å². The van der Waals surface area contributed by atoms with Crippen LogP contribution in [0.25, 0.3) is 0 Å². The van der Waals surface area contributed by atoms with Crippen LogP contribution in [-0.2, 0) is 6.54 Å². The van der Waals surface area contributed by atoms with Crippen molar-refractivity contribution in [2.75, 3.05) is 23.3 Å². The molecule has 2 heterocycles. The van der Waals surface area contributed by atoms with Crippen molar-refractivity contribution < 1.29 is 9.59 Å². The maximum atomic E-state index is 12.1. The van der Waals surface area contributed by atoms with E-state index in [0.717, 1.165) is 24.5 Å². The third-order valence-electron chi connectivity index (χ3n) is 4.72. The van der Waals surface area contributed by atoms with Gasteiger partial charge in [0, 0.05) is 37.1 Å². The molecule has 0 spiro atoms. The van der Waals surface area contributed by atoms with Crippen LogP contribution in [0.15, 0.2) is 42.6 Å². The lowest BCUT2D eigenvalue weighted by molar-refractivity contribution is 0.101. The van der Waals surface area contributed by atoms with Crippen molar-refractivity contribution >= 4 is 23.3 Å². The van der Waals surface area contributed by atoms with Gasteiger partial charge in [0.25, 0.3) is 0 Å². The van der Waals surface area contributed by atoms with Gasteiger partial charge >= 0.3 is 6.03 Å². The summed E-state index contributed by atoms with van der Waals surface area (Å²) in [5.41, 5.74) is 2.11. The van der Waals surface area contributed by atoms with Crippen LogP contribution < -0.4 is 15.5 Å². The molecule has 1 saturated heterocycles. The molecule has 2 aromatic rings. The Balaban J connectivity index is 1.51. The smallest absolute Gasteiger partial charge is 0.319 e. The van der Waals surface area contributed by atoms with Crippen LogP contribution in [0.2, 0.25) is 0 Å². The quantitative estimate of drug-likeness (QED) is 0.785. The van der Waals surface area contributed by atoms with Crippen molar-refractivity contribution in [2.24, 2.45) is 0 Å². The SMILES string of the molecule is CC(=O)c1cccc(NC(=O)NCc2ccc(N3CCCCCC3)nc2)c1. The van der Waals surface area contributed by atoms with E-state index < -0.39 is 0 Å². The lowest BCUT2D eigenvalue weighted by Gasteiger charge is -2.21. The van der Waals surface area contributed by atoms with Crippen LogP contribution in [0.4, 0.5) is 16.3 Å². The molecule has 142 valence electrons. The zero-order valence-electron chi connectivity index (χ0n) is 15.7. The van der Waals surface area contributed by atoms with Gasteiger partial charge in [-0.25, -0.2) is 9.78 Å². The first-order chi connectivity index (χ1) is 13.1. The molecule has 6 heteroatoms. The van der Waals surface area contributed by atoms with Crippen LogP contribution in [-0.4, -0.2) is 29.9 Å². The summed E-state index contributed by atoms with van der Waals surface area (Å²) >= 11 is 0. The van der Waals surface area contributed by atoms with E-state index in [0.29, 0.717) is 17.8 Å². The molecule has 0 unspecified atom stereocenters. The van der Waals surface area contributed by atoms with Gasteiger partial charge in [0.1, 0.15) is 5.82 Å². The summed E-state index contributed by atoms with van der Waals surface area (Å²) in [6.45, 7) is 4.02. The van der Waals surface area contributed by atoms with Gasteiger partial charge in [0.2, 0.25) is 0 Å². The molecule has 1 fully saturated rings. The van der Waals surface area contributed by atoms with E-state index in [-0.39, 0.29) is 11.8 Å². The number of nitrogens with zero attached hydrogens (tertiary/aromatic N) is 2. The standard InChI is InChI=1S/C21H26N4O2/c1-16(26)18-7-6-8-19(13-18)24-21(27)23-15-17-9-10-20(22-14-17)25-11-4-2-3-5-12-25/h6-10,13-14H,2-5,11-12,15H2,1H3,(H2,23,24,27). The second-order valence-electron chi connectivity index (χ2n) is 6.87. The number of carbonyl (C=O) groups excluding carboxylic acids is 2. The largest absolute Gasteiger partial charge is 0.357 e. The van der Waals surface area contributed by atoms with Gasteiger partial charge < -0.3 is 15.5 Å². The predicted molar refractivity (Wildman–Crippen MR) is 107 cm³/mol. The van der Waals surface area contributed by atoms with Gasteiger partial charge in [0.15, 0.2) is 5.78 Å². The highest BCUT2D eigenvalue weighted by Gasteiger charge is 2.11. The average Bonchev–Trinajstić information content (AvgIpc) is 2.96. The van der Waals surface area contributed by atoms with E-state index in [1.165, 1.54) is 32.6 Å². The first-order valence-electron chi connectivity index (χ1n) is 9.47. The molecule has 27 heavy (non-hydrogen) atoms. The zero-order valence-corrected chi connectivity index (χ0v) is 15.7. The van der Waals surface area contributed by atoms with Crippen molar-refractivity contribution in [1.82, 2.24) is 10.3 Å². The summed E-state index contributed by atoms with van der Waals surface area (Å²) in [4.78, 5) is 30.4. The van der Waals surface area contributed by atoms with Crippen LogP contribution in [0.5, 0.6) is 0 Å². The van der Waals surface area contributed by atoms with Crippen LogP contribution in [0.3, 0.4) is 0 Å². The Morgan fingerprint density at radius 2 is 1.85 bits per heavy atom. The van der Waals surface area contributed by atoms with E-state index in [1.54, 1.807) is 24.3 Å². The van der Waals surface area contributed by atoms with Crippen molar-refractivity contribution in [3.05, 3.63) is 53.7 Å². The summed E-state index contributed by atoms with van der Waals surface area (Å²) in [6, 6.07) is 10.6. The highest BCUT2D eigenvalue weighted by Crippen LogP contribution is 2.17. The fraction of sp³-hybridized carbons (Fsp3) is 0.381. The molecule has 1 aliphatic rings. The van der Waals surface area contributed by atoms with Crippen LogP contribution in [0, 0.1) is 0 Å². The number of rotatable bonds is 5. The number of hydrogen-bond donors (Lipinski definition) is 2. The number of nitrogens with one attached hydrogen (secondary N) is 2. The summed E-state index contributed by atoms with van der Waals surface area (Å²) in [6.07, 6.45) is 6.84.